The smallest absolute Gasteiger partial charge is 0.419 e. The Morgan fingerprint density at radius 3 is 2.60 bits per heavy atom. The molecule has 9 nitrogen and oxygen atoms in total. The summed E-state index contributed by atoms with van der Waals surface area (Å²) in [5.41, 5.74) is -0.691. The molecule has 1 aliphatic rings. The largest absolute Gasteiger partial charge is 0.490 e. The Labute approximate surface area is 196 Å². The summed E-state index contributed by atoms with van der Waals surface area (Å²) in [6, 6.07) is 5.88. The standard InChI is InChI=1S/C22H20F4N6O3/c23-18-10-16(3-4-17(18)22(24,25)26)35-15-5-8-31(9-6-15)20(33)12-28-21(34)19-13-32(30-29-19)14-2-1-7-27-11-14/h1-4,7,10-11,13,15H,5-6,8-9,12H2,(H,28,34). The first-order chi connectivity index (χ1) is 16.7. The van der Waals surface area contributed by atoms with Gasteiger partial charge in [-0.05, 0) is 24.3 Å². The summed E-state index contributed by atoms with van der Waals surface area (Å²) in [6.45, 7) is 0.396. The first-order valence-electron chi connectivity index (χ1n) is 10.6. The number of aromatic nitrogens is 4. The van der Waals surface area contributed by atoms with Gasteiger partial charge in [0.05, 0.1) is 30.2 Å². The number of rotatable bonds is 6. The minimum atomic E-state index is -4.78. The molecule has 0 spiro atoms. The molecule has 3 heterocycles. The average Bonchev–Trinajstić information content (AvgIpc) is 3.33. The molecule has 1 saturated heterocycles. The van der Waals surface area contributed by atoms with E-state index >= 15 is 0 Å². The van der Waals surface area contributed by atoms with E-state index < -0.39 is 23.5 Å². The third-order valence-corrected chi connectivity index (χ3v) is 5.38. The van der Waals surface area contributed by atoms with E-state index in [0.717, 1.165) is 6.07 Å². The summed E-state index contributed by atoms with van der Waals surface area (Å²) >= 11 is 0. The monoisotopic (exact) mass is 492 g/mol. The molecular formula is C22H20F4N6O3. The molecule has 0 aliphatic carbocycles. The zero-order chi connectivity index (χ0) is 25.0. The number of ether oxygens (including phenoxy) is 1. The Balaban J connectivity index is 1.23. The highest BCUT2D eigenvalue weighted by Crippen LogP contribution is 2.33. The first kappa shape index (κ1) is 24.1. The number of pyridine rings is 1. The number of amides is 2. The molecule has 0 unspecified atom stereocenters. The van der Waals surface area contributed by atoms with E-state index in [9.17, 15) is 27.2 Å². The molecule has 3 aromatic rings. The molecule has 2 aromatic heterocycles. The van der Waals surface area contributed by atoms with Gasteiger partial charge in [-0.1, -0.05) is 5.21 Å². The highest BCUT2D eigenvalue weighted by Gasteiger charge is 2.34. The summed E-state index contributed by atoms with van der Waals surface area (Å²) in [4.78, 5) is 30.3. The SMILES string of the molecule is O=C(NCC(=O)N1CCC(Oc2ccc(C(F)(F)F)c(F)c2)CC1)c1cn(-c2cccnc2)nn1. The van der Waals surface area contributed by atoms with Crippen LogP contribution in [0.15, 0.2) is 48.9 Å². The van der Waals surface area contributed by atoms with Crippen LogP contribution < -0.4 is 10.1 Å². The van der Waals surface area contributed by atoms with Crippen LogP contribution in [-0.4, -0.2) is 62.4 Å². The van der Waals surface area contributed by atoms with Crippen molar-refractivity contribution in [1.82, 2.24) is 30.2 Å². The summed E-state index contributed by atoms with van der Waals surface area (Å²) in [6.07, 6.45) is 0.226. The van der Waals surface area contributed by atoms with Crippen molar-refractivity contribution < 1.29 is 31.9 Å². The molecule has 13 heteroatoms. The van der Waals surface area contributed by atoms with Crippen LogP contribution in [0.25, 0.3) is 5.69 Å². The number of nitrogens with one attached hydrogen (secondary N) is 1. The molecule has 1 aromatic carbocycles. The van der Waals surface area contributed by atoms with E-state index in [4.69, 9.17) is 4.74 Å². The lowest BCUT2D eigenvalue weighted by Gasteiger charge is -2.32. The molecule has 1 N–H and O–H groups in total. The third kappa shape index (κ3) is 5.91. The lowest BCUT2D eigenvalue weighted by atomic mass is 10.1. The van der Waals surface area contributed by atoms with E-state index in [1.807, 2.05) is 0 Å². The van der Waals surface area contributed by atoms with Gasteiger partial charge < -0.3 is 15.0 Å². The fraction of sp³-hybridized carbons (Fsp3) is 0.318. The number of hydrogen-bond donors (Lipinski definition) is 1. The lowest BCUT2D eigenvalue weighted by Crippen LogP contribution is -2.46. The van der Waals surface area contributed by atoms with Gasteiger partial charge in [0, 0.05) is 38.2 Å². The second-order valence-corrected chi connectivity index (χ2v) is 7.78. The predicted octanol–water partition coefficient (Wildman–Crippen LogP) is 2.62. The van der Waals surface area contributed by atoms with Gasteiger partial charge >= 0.3 is 6.18 Å². The summed E-state index contributed by atoms with van der Waals surface area (Å²) in [5, 5.41) is 10.2. The van der Waals surface area contributed by atoms with Crippen LogP contribution >= 0.6 is 0 Å². The first-order valence-corrected chi connectivity index (χ1v) is 10.6. The van der Waals surface area contributed by atoms with Gasteiger partial charge in [0.1, 0.15) is 17.7 Å². The molecule has 35 heavy (non-hydrogen) atoms. The fourth-order valence-electron chi connectivity index (χ4n) is 3.56. The van der Waals surface area contributed by atoms with Crippen LogP contribution in [0.5, 0.6) is 5.75 Å². The molecule has 1 aliphatic heterocycles. The van der Waals surface area contributed by atoms with Gasteiger partial charge in [-0.25, -0.2) is 9.07 Å². The van der Waals surface area contributed by atoms with Crippen LogP contribution in [0.4, 0.5) is 17.6 Å². The van der Waals surface area contributed by atoms with Gasteiger partial charge in [0.15, 0.2) is 5.69 Å². The maximum atomic E-state index is 13.7. The molecule has 4 rings (SSSR count). The van der Waals surface area contributed by atoms with Crippen LogP contribution in [0.2, 0.25) is 0 Å². The Hall–Kier alpha value is -4.03. The number of carbonyl (C=O) groups is 2. The fourth-order valence-corrected chi connectivity index (χ4v) is 3.56. The van der Waals surface area contributed by atoms with Crippen molar-refractivity contribution in [1.29, 1.82) is 0 Å². The Bertz CT molecular complexity index is 1190. The van der Waals surface area contributed by atoms with Gasteiger partial charge in [0.2, 0.25) is 5.91 Å². The molecule has 0 atom stereocenters. The van der Waals surface area contributed by atoms with E-state index in [0.29, 0.717) is 43.8 Å². The number of alkyl halides is 3. The number of halogens is 4. The molecule has 1 fully saturated rings. The highest BCUT2D eigenvalue weighted by molar-refractivity contribution is 5.94. The molecule has 184 valence electrons. The number of hydrogen-bond acceptors (Lipinski definition) is 6. The van der Waals surface area contributed by atoms with Gasteiger partial charge in [-0.3, -0.25) is 14.6 Å². The zero-order valence-electron chi connectivity index (χ0n) is 18.2. The molecule has 0 bridgehead atoms. The van der Waals surface area contributed by atoms with Crippen LogP contribution in [0, 0.1) is 5.82 Å². The molecule has 0 saturated carbocycles. The lowest BCUT2D eigenvalue weighted by molar-refractivity contribution is -0.140. The van der Waals surface area contributed by atoms with Gasteiger partial charge in [0.25, 0.3) is 5.91 Å². The second-order valence-electron chi connectivity index (χ2n) is 7.78. The number of likely N-dealkylation sites (tertiary alicyclic amines) is 1. The van der Waals surface area contributed by atoms with Gasteiger partial charge in [-0.15, -0.1) is 5.10 Å². The Morgan fingerprint density at radius 2 is 1.94 bits per heavy atom. The van der Waals surface area contributed by atoms with Crippen molar-refractivity contribution in [2.75, 3.05) is 19.6 Å². The van der Waals surface area contributed by atoms with Crippen molar-refractivity contribution in [3.63, 3.8) is 0 Å². The van der Waals surface area contributed by atoms with E-state index in [1.165, 1.54) is 10.9 Å². The van der Waals surface area contributed by atoms with Crippen molar-refractivity contribution in [3.8, 4) is 11.4 Å². The van der Waals surface area contributed by atoms with Crippen molar-refractivity contribution in [3.05, 3.63) is 66.0 Å². The maximum absolute atomic E-state index is 13.7. The second kappa shape index (κ2) is 10.1. The molecule has 2 amide bonds. The van der Waals surface area contributed by atoms with Crippen LogP contribution in [-0.2, 0) is 11.0 Å². The predicted molar refractivity (Wildman–Crippen MR) is 113 cm³/mol. The quantitative estimate of drug-likeness (QED) is 0.531. The number of nitrogens with zero attached hydrogens (tertiary/aromatic N) is 5. The highest BCUT2D eigenvalue weighted by atomic mass is 19.4. The van der Waals surface area contributed by atoms with Crippen LogP contribution in [0.1, 0.15) is 28.9 Å². The Kier molecular flexibility index (Phi) is 6.94. The molecular weight excluding hydrogens is 472 g/mol. The van der Waals surface area contributed by atoms with E-state index in [-0.39, 0.29) is 30.0 Å². The normalized spacial score (nSPS) is 14.6. The summed E-state index contributed by atoms with van der Waals surface area (Å²) in [5.74, 6) is -2.28. The van der Waals surface area contributed by atoms with E-state index in [2.05, 4.69) is 20.6 Å². The minimum absolute atomic E-state index is 0.00753. The summed E-state index contributed by atoms with van der Waals surface area (Å²) < 4.78 is 58.8. The Morgan fingerprint density at radius 1 is 1.17 bits per heavy atom. The molecule has 0 radical (unpaired) electrons. The minimum Gasteiger partial charge on any atom is -0.490 e. The number of piperidine rings is 1. The van der Waals surface area contributed by atoms with Crippen molar-refractivity contribution >= 4 is 11.8 Å². The number of carbonyl (C=O) groups excluding carboxylic acids is 2. The van der Waals surface area contributed by atoms with Gasteiger partial charge in [-0.2, -0.15) is 13.2 Å². The number of benzene rings is 1. The van der Waals surface area contributed by atoms with Crippen molar-refractivity contribution in [2.24, 2.45) is 0 Å². The maximum Gasteiger partial charge on any atom is 0.419 e. The van der Waals surface area contributed by atoms with Crippen LogP contribution in [0.3, 0.4) is 0 Å². The average molecular weight is 492 g/mol. The van der Waals surface area contributed by atoms with E-state index in [1.54, 1.807) is 29.4 Å². The van der Waals surface area contributed by atoms with Crippen molar-refractivity contribution in [2.45, 2.75) is 25.1 Å². The third-order valence-electron chi connectivity index (χ3n) is 5.38. The summed E-state index contributed by atoms with van der Waals surface area (Å²) in [7, 11) is 0. The topological polar surface area (TPSA) is 102 Å². The zero-order valence-corrected chi connectivity index (χ0v) is 18.2.